The van der Waals surface area contributed by atoms with Gasteiger partial charge in [0.15, 0.2) is 11.5 Å². The van der Waals surface area contributed by atoms with Gasteiger partial charge in [-0.25, -0.2) is 0 Å². The summed E-state index contributed by atoms with van der Waals surface area (Å²) in [5, 5.41) is 0. The number of ether oxygens (including phenoxy) is 2. The SMILES string of the molecule is C=NCCc1ccc2c(c1)OCO2. The smallest absolute Gasteiger partial charge is 0.231 e. The Morgan fingerprint density at radius 2 is 2.15 bits per heavy atom. The van der Waals surface area contributed by atoms with Crippen LogP contribution in [0.4, 0.5) is 0 Å². The summed E-state index contributed by atoms with van der Waals surface area (Å²) in [5.41, 5.74) is 1.21. The second-order valence-corrected chi connectivity index (χ2v) is 2.88. The van der Waals surface area contributed by atoms with Crippen LogP contribution in [0.3, 0.4) is 0 Å². The molecule has 1 aliphatic rings. The molecule has 68 valence electrons. The molecule has 0 bridgehead atoms. The van der Waals surface area contributed by atoms with Gasteiger partial charge in [0.1, 0.15) is 0 Å². The van der Waals surface area contributed by atoms with E-state index in [4.69, 9.17) is 9.47 Å². The van der Waals surface area contributed by atoms with Crippen LogP contribution >= 0.6 is 0 Å². The summed E-state index contributed by atoms with van der Waals surface area (Å²) in [6.07, 6.45) is 0.903. The molecule has 0 saturated heterocycles. The molecule has 0 saturated carbocycles. The van der Waals surface area contributed by atoms with Crippen molar-refractivity contribution in [2.75, 3.05) is 13.3 Å². The molecule has 1 aromatic carbocycles. The van der Waals surface area contributed by atoms with E-state index in [0.717, 1.165) is 24.5 Å². The molecule has 0 fully saturated rings. The van der Waals surface area contributed by atoms with Gasteiger partial charge in [-0.15, -0.1) is 0 Å². The molecule has 0 N–H and O–H groups in total. The van der Waals surface area contributed by atoms with E-state index in [1.165, 1.54) is 5.56 Å². The van der Waals surface area contributed by atoms with Crippen molar-refractivity contribution in [3.05, 3.63) is 23.8 Å². The lowest BCUT2D eigenvalue weighted by molar-refractivity contribution is 0.174. The van der Waals surface area contributed by atoms with Crippen LogP contribution in [0.5, 0.6) is 11.5 Å². The Labute approximate surface area is 77.0 Å². The van der Waals surface area contributed by atoms with Gasteiger partial charge in [0.25, 0.3) is 0 Å². The van der Waals surface area contributed by atoms with E-state index < -0.39 is 0 Å². The Bertz CT molecular complexity index is 323. The van der Waals surface area contributed by atoms with E-state index in [1.807, 2.05) is 18.2 Å². The Morgan fingerprint density at radius 1 is 1.31 bits per heavy atom. The Kier molecular flexibility index (Phi) is 2.17. The Morgan fingerprint density at radius 3 is 3.00 bits per heavy atom. The van der Waals surface area contributed by atoms with E-state index in [9.17, 15) is 0 Å². The van der Waals surface area contributed by atoms with Crippen LogP contribution in [0.15, 0.2) is 23.2 Å². The van der Waals surface area contributed by atoms with Crippen molar-refractivity contribution in [2.24, 2.45) is 4.99 Å². The van der Waals surface area contributed by atoms with Crippen LogP contribution in [0, 0.1) is 0 Å². The molecule has 2 rings (SSSR count). The van der Waals surface area contributed by atoms with Crippen molar-refractivity contribution in [3.8, 4) is 11.5 Å². The van der Waals surface area contributed by atoms with Gasteiger partial charge in [-0.2, -0.15) is 0 Å². The number of hydrogen-bond acceptors (Lipinski definition) is 3. The first-order chi connectivity index (χ1) is 6.40. The molecule has 1 aliphatic heterocycles. The first-order valence-corrected chi connectivity index (χ1v) is 4.21. The maximum Gasteiger partial charge on any atom is 0.231 e. The topological polar surface area (TPSA) is 30.8 Å². The van der Waals surface area contributed by atoms with Gasteiger partial charge in [0.05, 0.1) is 0 Å². The number of benzene rings is 1. The van der Waals surface area contributed by atoms with Gasteiger partial charge in [-0.1, -0.05) is 6.07 Å². The van der Waals surface area contributed by atoms with Crippen LogP contribution < -0.4 is 9.47 Å². The molecule has 3 nitrogen and oxygen atoms in total. The van der Waals surface area contributed by atoms with Gasteiger partial charge in [0, 0.05) is 6.54 Å². The Hall–Kier alpha value is -1.51. The van der Waals surface area contributed by atoms with Crippen molar-refractivity contribution in [3.63, 3.8) is 0 Å². The summed E-state index contributed by atoms with van der Waals surface area (Å²) < 4.78 is 10.5. The lowest BCUT2D eigenvalue weighted by Gasteiger charge is -2.00. The predicted molar refractivity (Wildman–Crippen MR) is 50.7 cm³/mol. The van der Waals surface area contributed by atoms with Gasteiger partial charge in [0.2, 0.25) is 6.79 Å². The monoisotopic (exact) mass is 177 g/mol. The predicted octanol–water partition coefficient (Wildman–Crippen LogP) is 1.66. The lowest BCUT2D eigenvalue weighted by atomic mass is 10.1. The first kappa shape index (κ1) is 8.10. The van der Waals surface area contributed by atoms with E-state index in [1.54, 1.807) is 0 Å². The van der Waals surface area contributed by atoms with Gasteiger partial charge >= 0.3 is 0 Å². The molecular weight excluding hydrogens is 166 g/mol. The number of nitrogens with zero attached hydrogens (tertiary/aromatic N) is 1. The summed E-state index contributed by atoms with van der Waals surface area (Å²) in [5.74, 6) is 1.66. The molecule has 3 heteroatoms. The number of hydrogen-bond donors (Lipinski definition) is 0. The average Bonchev–Trinajstić information content (AvgIpc) is 2.61. The van der Waals surface area contributed by atoms with Crippen molar-refractivity contribution < 1.29 is 9.47 Å². The fourth-order valence-electron chi connectivity index (χ4n) is 1.30. The van der Waals surface area contributed by atoms with Gasteiger partial charge < -0.3 is 14.5 Å². The van der Waals surface area contributed by atoms with Crippen molar-refractivity contribution in [2.45, 2.75) is 6.42 Å². The minimum Gasteiger partial charge on any atom is -0.454 e. The molecule has 0 spiro atoms. The highest BCUT2D eigenvalue weighted by Gasteiger charge is 2.12. The lowest BCUT2D eigenvalue weighted by Crippen LogP contribution is -1.93. The molecule has 13 heavy (non-hydrogen) atoms. The van der Waals surface area contributed by atoms with E-state index >= 15 is 0 Å². The Balaban J connectivity index is 2.16. The van der Waals surface area contributed by atoms with E-state index in [2.05, 4.69) is 11.7 Å². The summed E-state index contributed by atoms with van der Waals surface area (Å²) in [4.78, 5) is 3.80. The van der Waals surface area contributed by atoms with Crippen molar-refractivity contribution >= 4 is 6.72 Å². The van der Waals surface area contributed by atoms with Crippen LogP contribution in [-0.2, 0) is 6.42 Å². The van der Waals surface area contributed by atoms with Crippen LogP contribution in [0.1, 0.15) is 5.56 Å². The van der Waals surface area contributed by atoms with Gasteiger partial charge in [-0.05, 0) is 30.8 Å². The summed E-state index contributed by atoms with van der Waals surface area (Å²) in [6.45, 7) is 4.52. The molecule has 0 aromatic heterocycles. The largest absolute Gasteiger partial charge is 0.454 e. The number of fused-ring (bicyclic) bond motifs is 1. The molecule has 0 atom stereocenters. The highest BCUT2D eigenvalue weighted by Crippen LogP contribution is 2.32. The summed E-state index contributed by atoms with van der Waals surface area (Å²) >= 11 is 0. The van der Waals surface area contributed by atoms with Crippen LogP contribution in [-0.4, -0.2) is 20.1 Å². The second-order valence-electron chi connectivity index (χ2n) is 2.88. The first-order valence-electron chi connectivity index (χ1n) is 4.21. The van der Waals surface area contributed by atoms with Crippen LogP contribution in [0.25, 0.3) is 0 Å². The zero-order valence-corrected chi connectivity index (χ0v) is 7.32. The normalized spacial score (nSPS) is 12.9. The summed E-state index contributed by atoms with van der Waals surface area (Å²) in [7, 11) is 0. The highest BCUT2D eigenvalue weighted by molar-refractivity contribution is 5.44. The number of rotatable bonds is 3. The fraction of sp³-hybridized carbons (Fsp3) is 0.300. The maximum atomic E-state index is 5.25. The maximum absolute atomic E-state index is 5.25. The summed E-state index contributed by atoms with van der Waals surface area (Å²) in [6, 6.07) is 5.95. The highest BCUT2D eigenvalue weighted by atomic mass is 16.7. The molecule has 0 aliphatic carbocycles. The van der Waals surface area contributed by atoms with E-state index in [-0.39, 0.29) is 0 Å². The molecular formula is C10H11NO2. The fourth-order valence-corrected chi connectivity index (χ4v) is 1.30. The molecule has 1 aromatic rings. The number of aliphatic imine (C=N–C) groups is 1. The minimum absolute atomic E-state index is 0.332. The van der Waals surface area contributed by atoms with E-state index in [0.29, 0.717) is 6.79 Å². The quantitative estimate of drug-likeness (QED) is 0.657. The van der Waals surface area contributed by atoms with Crippen molar-refractivity contribution in [1.29, 1.82) is 0 Å². The van der Waals surface area contributed by atoms with Crippen molar-refractivity contribution in [1.82, 2.24) is 0 Å². The third-order valence-electron chi connectivity index (χ3n) is 2.00. The zero-order valence-electron chi connectivity index (χ0n) is 7.32. The van der Waals surface area contributed by atoms with Crippen LogP contribution in [0.2, 0.25) is 0 Å². The minimum atomic E-state index is 0.332. The third kappa shape index (κ3) is 1.64. The average molecular weight is 177 g/mol. The molecule has 0 amide bonds. The molecule has 0 unspecified atom stereocenters. The third-order valence-corrected chi connectivity index (χ3v) is 2.00. The van der Waals surface area contributed by atoms with Gasteiger partial charge in [-0.3, -0.25) is 0 Å². The molecule has 0 radical (unpaired) electrons. The molecule has 1 heterocycles. The second kappa shape index (κ2) is 3.47. The standard InChI is InChI=1S/C10H11NO2/c1-11-5-4-8-2-3-9-10(6-8)13-7-12-9/h2-3,6H,1,4-5,7H2. The zero-order chi connectivity index (χ0) is 9.10.